The number of diazo groups is 1. The number of carbonyl (C=O) groups excluding carboxylic acids is 2. The number of hydrogen-bond acceptors (Lipinski definition) is 10. The van der Waals surface area contributed by atoms with E-state index in [0.29, 0.717) is 5.56 Å². The van der Waals surface area contributed by atoms with E-state index in [1.165, 1.54) is 7.11 Å². The highest BCUT2D eigenvalue weighted by molar-refractivity contribution is 5.91. The van der Waals surface area contributed by atoms with Crippen molar-refractivity contribution >= 4 is 11.9 Å². The zero-order chi connectivity index (χ0) is 23.5. The molecule has 0 saturated carbocycles. The molecule has 0 aromatic heterocycles. The summed E-state index contributed by atoms with van der Waals surface area (Å²) in [6.45, 7) is 5.06. The fourth-order valence-corrected chi connectivity index (χ4v) is 3.46. The van der Waals surface area contributed by atoms with Gasteiger partial charge in [-0.2, -0.15) is 0 Å². The number of fused-ring (bicyclic) bond motifs is 1. The molecule has 1 N–H and O–H groups in total. The Hall–Kier alpha value is -3.04. The highest BCUT2D eigenvalue weighted by atomic mass is 16.8. The Morgan fingerprint density at radius 1 is 1.22 bits per heavy atom. The van der Waals surface area contributed by atoms with Crippen LogP contribution in [0.2, 0.25) is 0 Å². The second-order valence-electron chi connectivity index (χ2n) is 7.54. The van der Waals surface area contributed by atoms with Crippen LogP contribution in [0.3, 0.4) is 0 Å². The van der Waals surface area contributed by atoms with Crippen LogP contribution in [0.4, 0.5) is 0 Å². The molecule has 3 rings (SSSR count). The number of benzene rings is 1. The Kier molecular flexibility index (Phi) is 7.10. The predicted octanol–water partition coefficient (Wildman–Crippen LogP) is 2.42. The molecule has 0 amide bonds. The Morgan fingerprint density at radius 3 is 2.50 bits per heavy atom. The summed E-state index contributed by atoms with van der Waals surface area (Å²) in [7, 11) is 1.30. The average molecular weight is 449 g/mol. The van der Waals surface area contributed by atoms with Gasteiger partial charge in [0.2, 0.25) is 11.2 Å². The standard InChI is InChI=1S/C21H24N2O9/c1-5-28-19(26)13(23-22)14(24)15-16(17-20(30-15)32-21(2,3)31-17)29-10-11-6-8-12(9-7-11)18(25)27-4/h6-9,15-17,20H,5,10H2,1-4H3/p+1/t15-,16+,17-,20-/m1/s1. The molecule has 11 nitrogen and oxygen atoms in total. The number of aliphatic hydroxyl groups is 1. The molecule has 0 bridgehead atoms. The van der Waals surface area contributed by atoms with Crippen LogP contribution in [-0.2, 0) is 39.8 Å². The van der Waals surface area contributed by atoms with Gasteiger partial charge in [0.1, 0.15) is 12.2 Å². The summed E-state index contributed by atoms with van der Waals surface area (Å²) in [6.07, 6.45) is -3.74. The quantitative estimate of drug-likeness (QED) is 0.286. The van der Waals surface area contributed by atoms with Gasteiger partial charge in [0, 0.05) is 0 Å². The average Bonchev–Trinajstić information content (AvgIpc) is 3.24. The van der Waals surface area contributed by atoms with Crippen molar-refractivity contribution in [2.45, 2.75) is 57.8 Å². The van der Waals surface area contributed by atoms with E-state index in [2.05, 4.69) is 9.71 Å². The summed E-state index contributed by atoms with van der Waals surface area (Å²) in [6, 6.07) is 6.56. The monoisotopic (exact) mass is 449 g/mol. The van der Waals surface area contributed by atoms with Crippen molar-refractivity contribution in [3.05, 3.63) is 51.8 Å². The molecule has 1 aromatic rings. The van der Waals surface area contributed by atoms with Crippen LogP contribution >= 0.6 is 0 Å². The van der Waals surface area contributed by atoms with Crippen LogP contribution in [0.15, 0.2) is 35.7 Å². The lowest BCUT2D eigenvalue weighted by Crippen LogP contribution is -2.38. The van der Waals surface area contributed by atoms with E-state index < -0.39 is 53.8 Å². The lowest BCUT2D eigenvalue weighted by atomic mass is 10.1. The maximum atomic E-state index is 12.0. The van der Waals surface area contributed by atoms with Crippen molar-refractivity contribution in [3.63, 3.8) is 0 Å². The minimum Gasteiger partial charge on any atom is -0.503 e. The van der Waals surface area contributed by atoms with Gasteiger partial charge in [-0.3, -0.25) is 0 Å². The number of rotatable bonds is 7. The maximum Gasteiger partial charge on any atom is 0.508 e. The van der Waals surface area contributed by atoms with Crippen molar-refractivity contribution in [1.82, 2.24) is 0 Å². The second-order valence-corrected chi connectivity index (χ2v) is 7.54. The van der Waals surface area contributed by atoms with Crippen molar-refractivity contribution in [3.8, 4) is 0 Å². The summed E-state index contributed by atoms with van der Waals surface area (Å²) in [5.41, 5.74) is 0.406. The van der Waals surface area contributed by atoms with Crippen LogP contribution in [0.1, 0.15) is 36.7 Å². The molecule has 2 saturated heterocycles. The summed E-state index contributed by atoms with van der Waals surface area (Å²) in [5, 5.41) is 19.9. The van der Waals surface area contributed by atoms with Gasteiger partial charge < -0.3 is 33.5 Å². The van der Waals surface area contributed by atoms with Crippen molar-refractivity contribution < 1.29 is 43.1 Å². The Morgan fingerprint density at radius 2 is 1.91 bits per heavy atom. The fraction of sp³-hybridized carbons (Fsp3) is 0.524. The van der Waals surface area contributed by atoms with Gasteiger partial charge in [0.05, 0.1) is 25.9 Å². The SMILES string of the molecule is CCOC(=O)/C([N+]#N)=C(\O)[C@H]1O[C@@H]2OC(C)(C)O[C@@H]2[C@H]1OCc1ccc(C(=O)OC)cc1. The lowest BCUT2D eigenvalue weighted by Gasteiger charge is -2.25. The first-order valence-corrected chi connectivity index (χ1v) is 9.96. The Balaban J connectivity index is 1.82. The molecule has 0 unspecified atom stereocenters. The molecule has 0 radical (unpaired) electrons. The molecular weight excluding hydrogens is 424 g/mol. The molecule has 4 atom stereocenters. The zero-order valence-electron chi connectivity index (χ0n) is 18.1. The first-order chi connectivity index (χ1) is 15.2. The Labute approximate surface area is 184 Å². The van der Waals surface area contributed by atoms with E-state index >= 15 is 0 Å². The molecule has 0 spiro atoms. The van der Waals surface area contributed by atoms with Gasteiger partial charge in [-0.15, -0.1) is 0 Å². The molecule has 32 heavy (non-hydrogen) atoms. The molecule has 0 aliphatic carbocycles. The molecule has 172 valence electrons. The summed E-state index contributed by atoms with van der Waals surface area (Å²) in [4.78, 5) is 26.5. The van der Waals surface area contributed by atoms with E-state index in [1.807, 2.05) is 0 Å². The van der Waals surface area contributed by atoms with Gasteiger partial charge in [0.25, 0.3) is 0 Å². The number of carbonyl (C=O) groups is 2. The normalized spacial score (nSPS) is 26.6. The van der Waals surface area contributed by atoms with Gasteiger partial charge in [-0.25, -0.2) is 9.59 Å². The van der Waals surface area contributed by atoms with Gasteiger partial charge in [-0.1, -0.05) is 12.1 Å². The zero-order valence-corrected chi connectivity index (χ0v) is 18.1. The summed E-state index contributed by atoms with van der Waals surface area (Å²) in [5.74, 6) is -3.10. The number of aliphatic hydroxyl groups excluding tert-OH is 1. The van der Waals surface area contributed by atoms with Crippen molar-refractivity contribution in [1.29, 1.82) is 5.39 Å². The van der Waals surface area contributed by atoms with Gasteiger partial charge in [-0.05, 0) is 38.5 Å². The largest absolute Gasteiger partial charge is 0.508 e. The fourth-order valence-electron chi connectivity index (χ4n) is 3.46. The van der Waals surface area contributed by atoms with E-state index in [9.17, 15) is 20.1 Å². The third-order valence-electron chi connectivity index (χ3n) is 4.89. The van der Waals surface area contributed by atoms with E-state index in [-0.39, 0.29) is 13.2 Å². The minimum atomic E-state index is -1.22. The minimum absolute atomic E-state index is 0.0177. The molecule has 1 aromatic carbocycles. The molecule has 2 fully saturated rings. The van der Waals surface area contributed by atoms with Crippen LogP contribution in [0, 0.1) is 5.39 Å². The number of esters is 2. The third-order valence-corrected chi connectivity index (χ3v) is 4.89. The number of ether oxygens (including phenoxy) is 6. The smallest absolute Gasteiger partial charge is 0.503 e. The number of methoxy groups -OCH3 is 1. The predicted molar refractivity (Wildman–Crippen MR) is 106 cm³/mol. The molecule has 2 aliphatic rings. The second kappa shape index (κ2) is 9.62. The molecular formula is C21H25N2O9+. The van der Waals surface area contributed by atoms with Gasteiger partial charge >= 0.3 is 17.6 Å². The maximum absolute atomic E-state index is 12.0. The molecule has 2 heterocycles. The topological polar surface area (TPSA) is 138 Å². The summed E-state index contributed by atoms with van der Waals surface area (Å²) < 4.78 is 32.7. The first kappa shape index (κ1) is 23.6. The van der Waals surface area contributed by atoms with E-state index in [1.54, 1.807) is 45.0 Å². The van der Waals surface area contributed by atoms with E-state index in [0.717, 1.165) is 5.56 Å². The highest BCUT2D eigenvalue weighted by Crippen LogP contribution is 2.41. The molecule has 2 aliphatic heterocycles. The molecule has 11 heteroatoms. The number of nitrogens with zero attached hydrogens (tertiary/aromatic N) is 2. The van der Waals surface area contributed by atoms with E-state index in [4.69, 9.17) is 23.7 Å². The summed E-state index contributed by atoms with van der Waals surface area (Å²) >= 11 is 0. The number of hydrogen-bond donors (Lipinski definition) is 1. The third kappa shape index (κ3) is 4.89. The van der Waals surface area contributed by atoms with Crippen molar-refractivity contribution in [2.24, 2.45) is 0 Å². The Bertz CT molecular complexity index is 936. The first-order valence-electron chi connectivity index (χ1n) is 9.96. The highest BCUT2D eigenvalue weighted by Gasteiger charge is 2.58. The van der Waals surface area contributed by atoms with Gasteiger partial charge in [0.15, 0.2) is 23.2 Å². The lowest BCUT2D eigenvalue weighted by molar-refractivity contribution is -0.217. The van der Waals surface area contributed by atoms with Crippen molar-refractivity contribution in [2.75, 3.05) is 13.7 Å². The van der Waals surface area contributed by atoms with Crippen LogP contribution in [0.25, 0.3) is 4.98 Å². The van der Waals surface area contributed by atoms with Crippen LogP contribution in [0.5, 0.6) is 0 Å². The van der Waals surface area contributed by atoms with Crippen LogP contribution < -0.4 is 0 Å². The van der Waals surface area contributed by atoms with Crippen LogP contribution in [-0.4, -0.2) is 61.2 Å².